The summed E-state index contributed by atoms with van der Waals surface area (Å²) in [5.74, 6) is 0.0604. The predicted octanol–water partition coefficient (Wildman–Crippen LogP) is 0.297. The molecule has 0 amide bonds. The molecular weight excluding hydrogens is 182 g/mol. The van der Waals surface area contributed by atoms with Crippen LogP contribution in [0.15, 0.2) is 24.7 Å². The number of hydrogen-bond donors (Lipinski definition) is 1. The highest BCUT2D eigenvalue weighted by Crippen LogP contribution is 2.09. The Morgan fingerprint density at radius 2 is 2.43 bits per heavy atom. The fourth-order valence-electron chi connectivity index (χ4n) is 1.49. The normalized spacial score (nSPS) is 15.9. The number of imidazole rings is 1. The van der Waals surface area contributed by atoms with Gasteiger partial charge in [-0.25, -0.2) is 9.78 Å². The second kappa shape index (κ2) is 3.53. The van der Waals surface area contributed by atoms with E-state index in [4.69, 9.17) is 5.11 Å². The Labute approximate surface area is 81.3 Å². The molecule has 0 atom stereocenters. The minimum atomic E-state index is -0.918. The summed E-state index contributed by atoms with van der Waals surface area (Å²) < 4.78 is 2.07. The molecule has 0 unspecified atom stereocenters. The molecule has 0 saturated heterocycles. The van der Waals surface area contributed by atoms with Gasteiger partial charge in [0.2, 0.25) is 0 Å². The van der Waals surface area contributed by atoms with Crippen LogP contribution in [0.25, 0.3) is 0 Å². The van der Waals surface area contributed by atoms with Crippen molar-refractivity contribution in [2.24, 2.45) is 0 Å². The van der Waals surface area contributed by atoms with E-state index in [1.165, 1.54) is 0 Å². The summed E-state index contributed by atoms with van der Waals surface area (Å²) >= 11 is 0. The first-order valence-corrected chi connectivity index (χ1v) is 4.41. The third-order valence-electron chi connectivity index (χ3n) is 2.20. The lowest BCUT2D eigenvalue weighted by molar-refractivity contribution is -0.131. The highest BCUT2D eigenvalue weighted by Gasteiger charge is 2.13. The number of aromatic nitrogens is 2. The van der Waals surface area contributed by atoms with Gasteiger partial charge in [0.1, 0.15) is 5.82 Å². The van der Waals surface area contributed by atoms with Crippen LogP contribution in [0, 0.1) is 0 Å². The number of rotatable bonds is 2. The van der Waals surface area contributed by atoms with Gasteiger partial charge >= 0.3 is 5.97 Å². The van der Waals surface area contributed by atoms with Crippen LogP contribution in [0.5, 0.6) is 0 Å². The summed E-state index contributed by atoms with van der Waals surface area (Å²) in [4.78, 5) is 16.4. The van der Waals surface area contributed by atoms with Crippen LogP contribution >= 0.6 is 0 Å². The molecule has 0 saturated carbocycles. The molecule has 0 aliphatic carbocycles. The highest BCUT2D eigenvalue weighted by atomic mass is 16.4. The highest BCUT2D eigenvalue weighted by molar-refractivity contribution is 5.79. The second-order valence-electron chi connectivity index (χ2n) is 3.16. The molecule has 0 spiro atoms. The molecule has 1 N–H and O–H groups in total. The number of hydrogen-bond acceptors (Lipinski definition) is 3. The molecule has 1 aromatic heterocycles. The minimum Gasteiger partial charge on any atom is -0.478 e. The first kappa shape index (κ1) is 8.80. The number of carbonyl (C=O) groups is 1. The van der Waals surface area contributed by atoms with Gasteiger partial charge in [-0.05, 0) is 0 Å². The maximum absolute atomic E-state index is 10.3. The van der Waals surface area contributed by atoms with E-state index in [0.29, 0.717) is 6.54 Å². The summed E-state index contributed by atoms with van der Waals surface area (Å²) in [6.45, 7) is 2.36. The standard InChI is InChI=1S/C9H11N3O2/c13-9(14)1-3-11-5-6-12-4-2-10-8(12)7-11/h1-4H,5-7H2,(H,13,14). The van der Waals surface area contributed by atoms with Crippen LogP contribution in [0.4, 0.5) is 0 Å². The molecule has 1 aliphatic rings. The lowest BCUT2D eigenvalue weighted by atomic mass is 10.4. The van der Waals surface area contributed by atoms with Crippen molar-refractivity contribution in [2.75, 3.05) is 6.54 Å². The van der Waals surface area contributed by atoms with Crippen LogP contribution in [0.3, 0.4) is 0 Å². The molecule has 5 nitrogen and oxygen atoms in total. The molecule has 2 heterocycles. The lowest BCUT2D eigenvalue weighted by Gasteiger charge is -2.25. The van der Waals surface area contributed by atoms with Crippen molar-refractivity contribution in [3.8, 4) is 0 Å². The van der Waals surface area contributed by atoms with Gasteiger partial charge in [-0.3, -0.25) is 0 Å². The van der Waals surface area contributed by atoms with Crippen LogP contribution in [0.2, 0.25) is 0 Å². The maximum atomic E-state index is 10.3. The Bertz CT molecular complexity index is 370. The first-order valence-electron chi connectivity index (χ1n) is 4.41. The Morgan fingerprint density at radius 3 is 3.21 bits per heavy atom. The maximum Gasteiger partial charge on any atom is 0.329 e. The van der Waals surface area contributed by atoms with Gasteiger partial charge in [0.25, 0.3) is 0 Å². The molecule has 1 aromatic rings. The molecule has 0 bridgehead atoms. The van der Waals surface area contributed by atoms with Gasteiger partial charge in [-0.1, -0.05) is 0 Å². The zero-order valence-electron chi connectivity index (χ0n) is 7.63. The summed E-state index contributed by atoms with van der Waals surface area (Å²) in [5, 5.41) is 8.47. The molecule has 0 fully saturated rings. The molecule has 14 heavy (non-hydrogen) atoms. The smallest absolute Gasteiger partial charge is 0.329 e. The van der Waals surface area contributed by atoms with Crippen LogP contribution in [-0.4, -0.2) is 32.1 Å². The van der Waals surface area contributed by atoms with Crippen LogP contribution in [0.1, 0.15) is 5.82 Å². The van der Waals surface area contributed by atoms with E-state index < -0.39 is 5.97 Å². The molecule has 0 aromatic carbocycles. The van der Waals surface area contributed by atoms with Gasteiger partial charge in [-0.2, -0.15) is 0 Å². The Hall–Kier alpha value is -1.78. The van der Waals surface area contributed by atoms with E-state index >= 15 is 0 Å². The van der Waals surface area contributed by atoms with E-state index in [1.54, 1.807) is 12.4 Å². The van der Waals surface area contributed by atoms with Crippen molar-refractivity contribution in [3.63, 3.8) is 0 Å². The van der Waals surface area contributed by atoms with Crippen molar-refractivity contribution in [2.45, 2.75) is 13.1 Å². The van der Waals surface area contributed by atoms with E-state index in [-0.39, 0.29) is 0 Å². The van der Waals surface area contributed by atoms with E-state index in [0.717, 1.165) is 25.0 Å². The van der Waals surface area contributed by atoms with Gasteiger partial charge in [0, 0.05) is 37.8 Å². The Morgan fingerprint density at radius 1 is 1.57 bits per heavy atom. The average molecular weight is 193 g/mol. The zero-order valence-corrected chi connectivity index (χ0v) is 7.63. The molecule has 0 radical (unpaired) electrons. The first-order chi connectivity index (χ1) is 6.75. The summed E-state index contributed by atoms with van der Waals surface area (Å²) in [5.41, 5.74) is 0. The fraction of sp³-hybridized carbons (Fsp3) is 0.333. The second-order valence-corrected chi connectivity index (χ2v) is 3.16. The predicted molar refractivity (Wildman–Crippen MR) is 49.4 cm³/mol. The Kier molecular flexibility index (Phi) is 2.22. The summed E-state index contributed by atoms with van der Waals surface area (Å²) in [6, 6.07) is 0. The average Bonchev–Trinajstić information content (AvgIpc) is 2.61. The molecular formula is C9H11N3O2. The largest absolute Gasteiger partial charge is 0.478 e. The van der Waals surface area contributed by atoms with Crippen LogP contribution < -0.4 is 0 Å². The molecule has 5 heteroatoms. The van der Waals surface area contributed by atoms with Crippen molar-refractivity contribution in [1.82, 2.24) is 14.5 Å². The van der Waals surface area contributed by atoms with Gasteiger partial charge in [0.05, 0.1) is 6.54 Å². The molecule has 74 valence electrons. The quantitative estimate of drug-likeness (QED) is 0.686. The monoisotopic (exact) mass is 193 g/mol. The van der Waals surface area contributed by atoms with E-state index in [9.17, 15) is 4.79 Å². The van der Waals surface area contributed by atoms with Crippen molar-refractivity contribution in [1.29, 1.82) is 0 Å². The number of carboxylic acid groups (broad SMARTS) is 1. The minimum absolute atomic E-state index is 0.677. The summed E-state index contributed by atoms with van der Waals surface area (Å²) in [6.07, 6.45) is 6.45. The molecule has 2 rings (SSSR count). The van der Waals surface area contributed by atoms with Crippen molar-refractivity contribution >= 4 is 5.97 Å². The SMILES string of the molecule is O=C(O)C=CN1CCn2ccnc2C1. The van der Waals surface area contributed by atoms with Crippen molar-refractivity contribution in [3.05, 3.63) is 30.5 Å². The summed E-state index contributed by atoms with van der Waals surface area (Å²) in [7, 11) is 0. The fourth-order valence-corrected chi connectivity index (χ4v) is 1.49. The van der Waals surface area contributed by atoms with E-state index in [2.05, 4.69) is 9.55 Å². The number of aliphatic carboxylic acids is 1. The van der Waals surface area contributed by atoms with Gasteiger partial charge in [-0.15, -0.1) is 0 Å². The van der Waals surface area contributed by atoms with Gasteiger partial charge < -0.3 is 14.6 Å². The third-order valence-corrected chi connectivity index (χ3v) is 2.20. The van der Waals surface area contributed by atoms with Gasteiger partial charge in [0.15, 0.2) is 0 Å². The Balaban J connectivity index is 2.04. The topological polar surface area (TPSA) is 58.4 Å². The van der Waals surface area contributed by atoms with Crippen molar-refractivity contribution < 1.29 is 9.90 Å². The number of nitrogens with zero attached hydrogens (tertiary/aromatic N) is 3. The van der Waals surface area contributed by atoms with Crippen LogP contribution in [-0.2, 0) is 17.9 Å². The molecule has 1 aliphatic heterocycles. The number of fused-ring (bicyclic) bond motifs is 1. The zero-order chi connectivity index (χ0) is 9.97. The third kappa shape index (κ3) is 1.76. The lowest BCUT2D eigenvalue weighted by Crippen LogP contribution is -2.29. The number of carboxylic acids is 1. The van der Waals surface area contributed by atoms with E-state index in [1.807, 2.05) is 11.1 Å².